The third-order valence-electron chi connectivity index (χ3n) is 5.91. The van der Waals surface area contributed by atoms with E-state index >= 15 is 0 Å². The number of rotatable bonds is 15. The predicted octanol–water partition coefficient (Wildman–Crippen LogP) is 6.77. The zero-order valence-corrected chi connectivity index (χ0v) is 18.1. The summed E-state index contributed by atoms with van der Waals surface area (Å²) in [5, 5.41) is 2.45. The van der Waals surface area contributed by atoms with Crippen molar-refractivity contribution in [2.24, 2.45) is 0 Å². The number of benzene rings is 1. The maximum absolute atomic E-state index is 12.2. The van der Waals surface area contributed by atoms with Gasteiger partial charge >= 0.3 is 0 Å². The van der Waals surface area contributed by atoms with Crippen molar-refractivity contribution in [3.8, 4) is 0 Å². The van der Waals surface area contributed by atoms with E-state index in [9.17, 15) is 9.59 Å². The molecular weight excluding hydrogens is 346 g/mol. The first-order valence-electron chi connectivity index (χ1n) is 11.7. The molecule has 0 saturated carbocycles. The minimum atomic E-state index is -0.241. The van der Waals surface area contributed by atoms with E-state index in [1.54, 1.807) is 0 Å². The molecule has 156 valence electrons. The molecule has 1 aliphatic rings. The third kappa shape index (κ3) is 6.76. The highest BCUT2D eigenvalue weighted by atomic mass is 16.2. The Morgan fingerprint density at radius 2 is 1.21 bits per heavy atom. The van der Waals surface area contributed by atoms with Crippen LogP contribution < -0.4 is 5.32 Å². The van der Waals surface area contributed by atoms with E-state index in [0.717, 1.165) is 24.8 Å². The monoisotopic (exact) mass is 385 g/mol. The fourth-order valence-electron chi connectivity index (χ4n) is 4.30. The summed E-state index contributed by atoms with van der Waals surface area (Å²) in [6.07, 6.45) is 19.1. The molecule has 0 saturated heterocycles. The molecule has 28 heavy (non-hydrogen) atoms. The van der Waals surface area contributed by atoms with Gasteiger partial charge in [-0.25, -0.2) is 0 Å². The van der Waals surface area contributed by atoms with Gasteiger partial charge in [0.2, 0.25) is 0 Å². The number of carbonyl (C=O) groups is 2. The van der Waals surface area contributed by atoms with Gasteiger partial charge in [0, 0.05) is 0 Å². The van der Waals surface area contributed by atoms with Gasteiger partial charge in [0.05, 0.1) is 11.1 Å². The quantitative estimate of drug-likeness (QED) is 0.267. The first-order valence-corrected chi connectivity index (χ1v) is 11.7. The van der Waals surface area contributed by atoms with Crippen molar-refractivity contribution in [3.63, 3.8) is 0 Å². The molecule has 0 aliphatic carbocycles. The van der Waals surface area contributed by atoms with Gasteiger partial charge in [0.15, 0.2) is 0 Å². The molecule has 1 heterocycles. The van der Waals surface area contributed by atoms with E-state index in [1.807, 2.05) is 6.07 Å². The summed E-state index contributed by atoms with van der Waals surface area (Å²) in [6, 6.07) is 3.91. The lowest BCUT2D eigenvalue weighted by molar-refractivity contribution is 0.0879. The Kier molecular flexibility index (Phi) is 10.3. The second kappa shape index (κ2) is 12.7. The summed E-state index contributed by atoms with van der Waals surface area (Å²) in [5.41, 5.74) is 3.57. The number of hydrogen-bond acceptors (Lipinski definition) is 2. The van der Waals surface area contributed by atoms with Crippen LogP contribution in [0.4, 0.5) is 0 Å². The Morgan fingerprint density at radius 3 is 1.79 bits per heavy atom. The van der Waals surface area contributed by atoms with Crippen LogP contribution in [0, 0.1) is 0 Å². The molecule has 1 aromatic rings. The van der Waals surface area contributed by atoms with Gasteiger partial charge < -0.3 is 0 Å². The topological polar surface area (TPSA) is 46.2 Å². The summed E-state index contributed by atoms with van der Waals surface area (Å²) in [4.78, 5) is 24.1. The van der Waals surface area contributed by atoms with Gasteiger partial charge in [0.25, 0.3) is 11.8 Å². The van der Waals surface area contributed by atoms with Crippen LogP contribution in [0.1, 0.15) is 129 Å². The van der Waals surface area contributed by atoms with Crippen LogP contribution in [-0.2, 0) is 12.8 Å². The molecule has 0 aromatic heterocycles. The SMILES string of the molecule is CCCCCCCCCCCCCCc1ccc2c(c1CCC)C(=O)NC2=O. The fourth-order valence-corrected chi connectivity index (χ4v) is 4.30. The van der Waals surface area contributed by atoms with E-state index < -0.39 is 0 Å². The average Bonchev–Trinajstić information content (AvgIpc) is 2.98. The number of carbonyl (C=O) groups excluding carboxylic acids is 2. The summed E-state index contributed by atoms with van der Waals surface area (Å²) in [5.74, 6) is -0.450. The minimum absolute atomic E-state index is 0.208. The number of nitrogens with one attached hydrogen (secondary N) is 1. The number of unbranched alkanes of at least 4 members (excludes halogenated alkanes) is 11. The summed E-state index contributed by atoms with van der Waals surface area (Å²) >= 11 is 0. The van der Waals surface area contributed by atoms with Crippen molar-refractivity contribution in [2.75, 3.05) is 0 Å². The van der Waals surface area contributed by atoms with Crippen molar-refractivity contribution in [1.82, 2.24) is 5.32 Å². The summed E-state index contributed by atoms with van der Waals surface area (Å²) < 4.78 is 0. The highest BCUT2D eigenvalue weighted by Gasteiger charge is 2.30. The van der Waals surface area contributed by atoms with Crippen LogP contribution in [0.15, 0.2) is 12.1 Å². The Hall–Kier alpha value is -1.64. The lowest BCUT2D eigenvalue weighted by Crippen LogP contribution is -2.20. The molecule has 3 heteroatoms. The molecule has 0 fully saturated rings. The largest absolute Gasteiger partial charge is 0.288 e. The molecule has 3 nitrogen and oxygen atoms in total. The molecule has 0 atom stereocenters. The molecule has 2 rings (SSSR count). The average molecular weight is 386 g/mol. The van der Waals surface area contributed by atoms with Crippen molar-refractivity contribution in [3.05, 3.63) is 34.4 Å². The third-order valence-corrected chi connectivity index (χ3v) is 5.91. The second-order valence-electron chi connectivity index (χ2n) is 8.30. The van der Waals surface area contributed by atoms with Gasteiger partial charge in [-0.3, -0.25) is 14.9 Å². The molecule has 0 unspecified atom stereocenters. The van der Waals surface area contributed by atoms with Crippen LogP contribution in [0.5, 0.6) is 0 Å². The standard InChI is InChI=1S/C25H39NO2/c1-3-5-6-7-8-9-10-11-12-13-14-15-17-20-18-19-22-23(21(20)16-4-2)25(28)26-24(22)27/h18-19H,3-17H2,1-2H3,(H,26,27,28). The Bertz CT molecular complexity index is 636. The first kappa shape index (κ1) is 22.6. The normalized spacial score (nSPS) is 13.1. The lowest BCUT2D eigenvalue weighted by Gasteiger charge is -2.12. The number of fused-ring (bicyclic) bond motifs is 1. The smallest absolute Gasteiger partial charge is 0.259 e. The Morgan fingerprint density at radius 1 is 0.643 bits per heavy atom. The lowest BCUT2D eigenvalue weighted by atomic mass is 9.91. The fraction of sp³-hybridized carbons (Fsp3) is 0.680. The Labute approximate surface area is 171 Å². The molecule has 0 radical (unpaired) electrons. The molecule has 1 aliphatic heterocycles. The van der Waals surface area contributed by atoms with E-state index in [2.05, 4.69) is 25.2 Å². The maximum atomic E-state index is 12.2. The van der Waals surface area contributed by atoms with Crippen molar-refractivity contribution < 1.29 is 9.59 Å². The number of amides is 2. The summed E-state index contributed by atoms with van der Waals surface area (Å²) in [6.45, 7) is 4.40. The predicted molar refractivity (Wildman–Crippen MR) is 117 cm³/mol. The van der Waals surface area contributed by atoms with E-state index in [4.69, 9.17) is 0 Å². The molecule has 2 amide bonds. The van der Waals surface area contributed by atoms with Crippen molar-refractivity contribution in [2.45, 2.75) is 110 Å². The van der Waals surface area contributed by atoms with Crippen molar-refractivity contribution in [1.29, 1.82) is 0 Å². The molecule has 0 spiro atoms. The first-order chi connectivity index (χ1) is 13.7. The maximum Gasteiger partial charge on any atom is 0.259 e. The molecular formula is C25H39NO2. The number of imide groups is 1. The van der Waals surface area contributed by atoms with Gasteiger partial charge in [-0.05, 0) is 36.5 Å². The zero-order chi connectivity index (χ0) is 20.2. The van der Waals surface area contributed by atoms with Crippen LogP contribution >= 0.6 is 0 Å². The summed E-state index contributed by atoms with van der Waals surface area (Å²) in [7, 11) is 0. The number of aryl methyl sites for hydroxylation is 1. The van der Waals surface area contributed by atoms with Gasteiger partial charge in [-0.15, -0.1) is 0 Å². The second-order valence-corrected chi connectivity index (χ2v) is 8.30. The molecule has 1 aromatic carbocycles. The Balaban J connectivity index is 1.66. The molecule has 1 N–H and O–H groups in total. The highest BCUT2D eigenvalue weighted by molar-refractivity contribution is 6.22. The van der Waals surface area contributed by atoms with Crippen LogP contribution in [0.25, 0.3) is 0 Å². The van der Waals surface area contributed by atoms with Crippen molar-refractivity contribution >= 4 is 11.8 Å². The van der Waals surface area contributed by atoms with E-state index in [-0.39, 0.29) is 11.8 Å². The molecule has 0 bridgehead atoms. The zero-order valence-electron chi connectivity index (χ0n) is 18.1. The number of hydrogen-bond donors (Lipinski definition) is 1. The van der Waals surface area contributed by atoms with Crippen LogP contribution in [0.3, 0.4) is 0 Å². The minimum Gasteiger partial charge on any atom is -0.288 e. The van der Waals surface area contributed by atoms with Gasteiger partial charge in [-0.1, -0.05) is 97.0 Å². The van der Waals surface area contributed by atoms with E-state index in [0.29, 0.717) is 11.1 Å². The van der Waals surface area contributed by atoms with Gasteiger partial charge in [-0.2, -0.15) is 0 Å². The highest BCUT2D eigenvalue weighted by Crippen LogP contribution is 2.26. The van der Waals surface area contributed by atoms with Gasteiger partial charge in [0.1, 0.15) is 0 Å². The van der Waals surface area contributed by atoms with E-state index in [1.165, 1.54) is 82.6 Å². The van der Waals surface area contributed by atoms with Crippen LogP contribution in [-0.4, -0.2) is 11.8 Å². The van der Waals surface area contributed by atoms with Crippen LogP contribution in [0.2, 0.25) is 0 Å².